The van der Waals surface area contributed by atoms with E-state index in [1.807, 2.05) is 19.9 Å². The molecule has 1 N–H and O–H groups in total. The highest BCUT2D eigenvalue weighted by atomic mass is 35.5. The van der Waals surface area contributed by atoms with Crippen LogP contribution in [-0.4, -0.2) is 18.1 Å². The Kier molecular flexibility index (Phi) is 6.89. The zero-order valence-corrected chi connectivity index (χ0v) is 20.5. The van der Waals surface area contributed by atoms with Crippen molar-refractivity contribution in [3.8, 4) is 11.3 Å². The number of aromatic nitrogens is 1. The van der Waals surface area contributed by atoms with Crippen LogP contribution in [0.1, 0.15) is 35.2 Å². The third kappa shape index (κ3) is 4.91. The topological polar surface area (TPSA) is 81.4 Å². The number of benzene rings is 2. The van der Waals surface area contributed by atoms with Crippen molar-refractivity contribution in [1.82, 2.24) is 4.98 Å². The van der Waals surface area contributed by atoms with Gasteiger partial charge >= 0.3 is 5.97 Å². The maximum Gasteiger partial charge on any atom is 0.310 e. The Bertz CT molecular complexity index is 1480. The third-order valence-electron chi connectivity index (χ3n) is 5.85. The van der Waals surface area contributed by atoms with Crippen molar-refractivity contribution in [3.63, 3.8) is 0 Å². The lowest BCUT2D eigenvalue weighted by molar-refractivity contribution is -0.139. The van der Waals surface area contributed by atoms with E-state index in [-0.39, 0.29) is 40.3 Å². The van der Waals surface area contributed by atoms with E-state index in [2.05, 4.69) is 15.0 Å². The van der Waals surface area contributed by atoms with Crippen LogP contribution in [-0.2, 0) is 16.0 Å². The highest BCUT2D eigenvalue weighted by Gasteiger charge is 2.22. The van der Waals surface area contributed by atoms with Crippen LogP contribution in [0.15, 0.2) is 57.9 Å². The number of carbonyl (C=O) groups excluding carboxylic acids is 1. The number of pyridine rings is 1. The van der Waals surface area contributed by atoms with Crippen molar-refractivity contribution in [2.75, 3.05) is 12.4 Å². The normalized spacial score (nSPS) is 11.9. The first-order chi connectivity index (χ1) is 16.7. The lowest BCUT2D eigenvalue weighted by Gasteiger charge is -2.19. The molecule has 1 unspecified atom stereocenters. The number of anilines is 1. The van der Waals surface area contributed by atoms with Crippen molar-refractivity contribution in [2.45, 2.75) is 33.2 Å². The second-order valence-corrected chi connectivity index (χ2v) is 8.77. The van der Waals surface area contributed by atoms with E-state index >= 15 is 4.39 Å². The molecule has 180 valence electrons. The van der Waals surface area contributed by atoms with Crippen LogP contribution in [0.4, 0.5) is 10.1 Å². The zero-order chi connectivity index (χ0) is 25.3. The number of hydrogen-bond donors (Lipinski definition) is 1. The summed E-state index contributed by atoms with van der Waals surface area (Å²) in [6.07, 6.45) is 1.39. The summed E-state index contributed by atoms with van der Waals surface area (Å²) in [5.74, 6) is -1.07. The van der Waals surface area contributed by atoms with Crippen LogP contribution in [0, 0.1) is 19.7 Å². The first kappa shape index (κ1) is 24.4. The van der Waals surface area contributed by atoms with E-state index in [1.54, 1.807) is 37.4 Å². The molecule has 0 radical (unpaired) electrons. The molecule has 0 fully saturated rings. The Hall–Kier alpha value is -3.71. The number of carbonyl (C=O) groups is 1. The van der Waals surface area contributed by atoms with Crippen molar-refractivity contribution >= 4 is 34.2 Å². The molecule has 0 saturated carbocycles. The number of aryl methyl sites for hydroxylation is 1. The highest BCUT2D eigenvalue weighted by molar-refractivity contribution is 6.29. The molecular formula is C27H24ClFN2O4. The van der Waals surface area contributed by atoms with E-state index < -0.39 is 11.8 Å². The first-order valence-electron chi connectivity index (χ1n) is 11.0. The molecule has 0 saturated heterocycles. The van der Waals surface area contributed by atoms with Crippen LogP contribution in [0.25, 0.3) is 22.3 Å². The Balaban J connectivity index is 1.87. The summed E-state index contributed by atoms with van der Waals surface area (Å²) >= 11 is 5.89. The van der Waals surface area contributed by atoms with Crippen LogP contribution in [0.2, 0.25) is 5.15 Å². The van der Waals surface area contributed by atoms with E-state index in [4.69, 9.17) is 16.0 Å². The van der Waals surface area contributed by atoms with E-state index in [9.17, 15) is 9.59 Å². The van der Waals surface area contributed by atoms with Gasteiger partial charge in [0.1, 0.15) is 22.3 Å². The molecular weight excluding hydrogens is 471 g/mol. The molecule has 2 aromatic heterocycles. The van der Waals surface area contributed by atoms with Gasteiger partial charge in [-0.25, -0.2) is 9.37 Å². The number of rotatable bonds is 6. The fourth-order valence-electron chi connectivity index (χ4n) is 4.05. The van der Waals surface area contributed by atoms with Gasteiger partial charge in [-0.15, -0.1) is 0 Å². The molecule has 6 nitrogen and oxygen atoms in total. The molecule has 8 heteroatoms. The minimum Gasteiger partial charge on any atom is -0.469 e. The summed E-state index contributed by atoms with van der Waals surface area (Å²) in [5, 5.41) is 4.13. The van der Waals surface area contributed by atoms with Crippen molar-refractivity contribution in [2.24, 2.45) is 0 Å². The number of esters is 1. The molecule has 4 rings (SSSR count). The number of nitrogens with zero attached hydrogens (tertiary/aromatic N) is 1. The number of methoxy groups -OCH3 is 1. The lowest BCUT2D eigenvalue weighted by Crippen LogP contribution is -2.13. The Morgan fingerprint density at radius 2 is 2.00 bits per heavy atom. The largest absolute Gasteiger partial charge is 0.469 e. The van der Waals surface area contributed by atoms with Crippen LogP contribution >= 0.6 is 11.6 Å². The number of nitrogens with one attached hydrogen (secondary N) is 1. The summed E-state index contributed by atoms with van der Waals surface area (Å²) in [5.41, 5.74) is 3.03. The maximum absolute atomic E-state index is 15.4. The highest BCUT2D eigenvalue weighted by Crippen LogP contribution is 2.33. The van der Waals surface area contributed by atoms with Gasteiger partial charge in [0, 0.05) is 11.1 Å². The minimum atomic E-state index is -0.629. The monoisotopic (exact) mass is 494 g/mol. The van der Waals surface area contributed by atoms with Crippen LogP contribution < -0.4 is 10.7 Å². The molecule has 35 heavy (non-hydrogen) atoms. The lowest BCUT2D eigenvalue weighted by atomic mass is 9.98. The van der Waals surface area contributed by atoms with Gasteiger partial charge < -0.3 is 14.5 Å². The summed E-state index contributed by atoms with van der Waals surface area (Å²) in [7, 11) is 1.25. The van der Waals surface area contributed by atoms with Crippen LogP contribution in [0.3, 0.4) is 0 Å². The quantitative estimate of drug-likeness (QED) is 0.255. The summed E-state index contributed by atoms with van der Waals surface area (Å²) in [6, 6.07) is 11.6. The standard InChI is InChI=1S/C27H24ClFN2O4/c1-14-10-20(16(3)31-18-8-9-22(28)30-13-18)27-21(11-14)25(33)15(2)26(35-27)19-7-5-6-17(24(19)29)12-23(32)34-4/h5-11,13,16,31H,12H2,1-4H3. The Morgan fingerprint density at radius 1 is 1.23 bits per heavy atom. The molecule has 0 bridgehead atoms. The molecule has 2 aromatic carbocycles. The second-order valence-electron chi connectivity index (χ2n) is 8.38. The van der Waals surface area contributed by atoms with Gasteiger partial charge in [0.05, 0.1) is 42.4 Å². The molecule has 4 aromatic rings. The summed E-state index contributed by atoms with van der Waals surface area (Å²) in [4.78, 5) is 29.2. The second kappa shape index (κ2) is 9.88. The zero-order valence-electron chi connectivity index (χ0n) is 19.7. The number of halogens is 2. The summed E-state index contributed by atoms with van der Waals surface area (Å²) < 4.78 is 26.3. The third-order valence-corrected chi connectivity index (χ3v) is 6.08. The van der Waals surface area contributed by atoms with E-state index in [0.717, 1.165) is 16.8 Å². The van der Waals surface area contributed by atoms with Crippen molar-refractivity contribution < 1.29 is 18.3 Å². The van der Waals surface area contributed by atoms with Crippen molar-refractivity contribution in [3.05, 3.63) is 92.1 Å². The van der Waals surface area contributed by atoms with Gasteiger partial charge in [-0.05, 0) is 56.2 Å². The minimum absolute atomic E-state index is 0.108. The SMILES string of the molecule is COC(=O)Cc1cccc(-c2oc3c(C(C)Nc4ccc(Cl)nc4)cc(C)cc3c(=O)c2C)c1F. The number of fused-ring (bicyclic) bond motifs is 1. The Morgan fingerprint density at radius 3 is 2.69 bits per heavy atom. The molecule has 1 atom stereocenters. The van der Waals surface area contributed by atoms with E-state index in [1.165, 1.54) is 19.2 Å². The van der Waals surface area contributed by atoms with Gasteiger partial charge in [-0.1, -0.05) is 29.8 Å². The Labute approximate surface area is 206 Å². The fraction of sp³-hybridized carbons (Fsp3) is 0.222. The average Bonchev–Trinajstić information content (AvgIpc) is 2.84. The van der Waals surface area contributed by atoms with Gasteiger partial charge in [-0.2, -0.15) is 0 Å². The van der Waals surface area contributed by atoms with Crippen LogP contribution in [0.5, 0.6) is 0 Å². The van der Waals surface area contributed by atoms with Crippen molar-refractivity contribution in [1.29, 1.82) is 0 Å². The number of ether oxygens (including phenoxy) is 1. The predicted octanol–water partition coefficient (Wildman–Crippen LogP) is 6.15. The number of hydrogen-bond acceptors (Lipinski definition) is 6. The molecule has 2 heterocycles. The molecule has 0 aliphatic carbocycles. The molecule has 0 aliphatic heterocycles. The van der Waals surface area contributed by atoms with E-state index in [0.29, 0.717) is 16.1 Å². The predicted molar refractivity (Wildman–Crippen MR) is 134 cm³/mol. The van der Waals surface area contributed by atoms with Gasteiger partial charge in [0.25, 0.3) is 0 Å². The average molecular weight is 495 g/mol. The van der Waals surface area contributed by atoms with Gasteiger partial charge in [-0.3, -0.25) is 9.59 Å². The first-order valence-corrected chi connectivity index (χ1v) is 11.4. The smallest absolute Gasteiger partial charge is 0.310 e. The molecule has 0 spiro atoms. The van der Waals surface area contributed by atoms with Gasteiger partial charge in [0.15, 0.2) is 5.43 Å². The fourth-order valence-corrected chi connectivity index (χ4v) is 4.17. The molecule has 0 amide bonds. The van der Waals surface area contributed by atoms with Gasteiger partial charge in [0.2, 0.25) is 0 Å². The molecule has 0 aliphatic rings. The summed E-state index contributed by atoms with van der Waals surface area (Å²) in [6.45, 7) is 5.44. The maximum atomic E-state index is 15.4.